The largest absolute Gasteiger partial charge is 0.393 e. The molecule has 1 fully saturated rings. The van der Waals surface area contributed by atoms with Crippen LogP contribution in [0.4, 0.5) is 0 Å². The number of fused-ring (bicyclic) bond motifs is 1. The van der Waals surface area contributed by atoms with Crippen molar-refractivity contribution in [2.24, 2.45) is 11.8 Å². The SMILES string of the molecule is C[C@@H]1CCc2[nH]nc(C(=O)N3CC[C@H](O)[C@@H](C)C3)c2C1. The summed E-state index contributed by atoms with van der Waals surface area (Å²) in [7, 11) is 0. The molecule has 2 heterocycles. The maximum absolute atomic E-state index is 12.7. The number of aryl methyl sites for hydroxylation is 1. The first-order valence-electron chi connectivity index (χ1n) is 7.59. The number of amides is 1. The number of piperidine rings is 1. The average molecular weight is 277 g/mol. The Labute approximate surface area is 119 Å². The summed E-state index contributed by atoms with van der Waals surface area (Å²) in [4.78, 5) is 14.5. The maximum Gasteiger partial charge on any atom is 0.274 e. The fourth-order valence-corrected chi connectivity index (χ4v) is 3.31. The molecule has 1 aliphatic carbocycles. The van der Waals surface area contributed by atoms with Crippen molar-refractivity contribution in [3.63, 3.8) is 0 Å². The molecule has 2 aliphatic rings. The van der Waals surface area contributed by atoms with Crippen LogP contribution in [0.15, 0.2) is 0 Å². The van der Waals surface area contributed by atoms with Crippen LogP contribution in [0, 0.1) is 11.8 Å². The van der Waals surface area contributed by atoms with Crippen LogP contribution in [0.2, 0.25) is 0 Å². The van der Waals surface area contributed by atoms with E-state index in [0.717, 1.165) is 30.5 Å². The number of aromatic nitrogens is 2. The van der Waals surface area contributed by atoms with Crippen LogP contribution in [0.3, 0.4) is 0 Å². The van der Waals surface area contributed by atoms with Crippen LogP contribution in [0.25, 0.3) is 0 Å². The molecule has 2 N–H and O–H groups in total. The third kappa shape index (κ3) is 2.35. The second-order valence-corrected chi connectivity index (χ2v) is 6.46. The molecule has 3 atom stereocenters. The summed E-state index contributed by atoms with van der Waals surface area (Å²) in [6.07, 6.45) is 3.48. The summed E-state index contributed by atoms with van der Waals surface area (Å²) in [6.45, 7) is 5.47. The van der Waals surface area contributed by atoms with Crippen molar-refractivity contribution in [1.29, 1.82) is 0 Å². The summed E-state index contributed by atoms with van der Waals surface area (Å²) < 4.78 is 0. The number of rotatable bonds is 1. The highest BCUT2D eigenvalue weighted by Gasteiger charge is 2.32. The van der Waals surface area contributed by atoms with Gasteiger partial charge >= 0.3 is 0 Å². The van der Waals surface area contributed by atoms with Gasteiger partial charge in [-0.15, -0.1) is 0 Å². The van der Waals surface area contributed by atoms with Gasteiger partial charge in [-0.2, -0.15) is 5.10 Å². The molecule has 0 spiro atoms. The minimum atomic E-state index is -0.285. The van der Waals surface area contributed by atoms with E-state index in [1.54, 1.807) is 0 Å². The monoisotopic (exact) mass is 277 g/mol. The number of carbonyl (C=O) groups is 1. The number of carbonyl (C=O) groups excluding carboxylic acids is 1. The Morgan fingerprint density at radius 3 is 2.95 bits per heavy atom. The van der Waals surface area contributed by atoms with E-state index >= 15 is 0 Å². The van der Waals surface area contributed by atoms with E-state index in [1.807, 2.05) is 11.8 Å². The molecular formula is C15H23N3O2. The molecule has 5 heteroatoms. The number of aliphatic hydroxyl groups excluding tert-OH is 1. The van der Waals surface area contributed by atoms with Crippen LogP contribution in [0.5, 0.6) is 0 Å². The van der Waals surface area contributed by atoms with Crippen LogP contribution < -0.4 is 0 Å². The van der Waals surface area contributed by atoms with Crippen LogP contribution >= 0.6 is 0 Å². The zero-order valence-corrected chi connectivity index (χ0v) is 12.2. The molecule has 1 amide bonds. The van der Waals surface area contributed by atoms with E-state index in [1.165, 1.54) is 0 Å². The number of nitrogens with zero attached hydrogens (tertiary/aromatic N) is 2. The minimum absolute atomic E-state index is 0.0235. The van der Waals surface area contributed by atoms with E-state index in [2.05, 4.69) is 17.1 Å². The van der Waals surface area contributed by atoms with Gasteiger partial charge in [0.05, 0.1) is 6.10 Å². The second-order valence-electron chi connectivity index (χ2n) is 6.46. The normalized spacial score (nSPS) is 30.1. The average Bonchev–Trinajstić information content (AvgIpc) is 2.84. The van der Waals surface area contributed by atoms with E-state index in [4.69, 9.17) is 0 Å². The molecule has 0 aromatic carbocycles. The molecule has 1 aromatic rings. The van der Waals surface area contributed by atoms with Crippen molar-refractivity contribution in [3.8, 4) is 0 Å². The molecule has 0 unspecified atom stereocenters. The lowest BCUT2D eigenvalue weighted by atomic mass is 9.87. The molecule has 0 saturated carbocycles. The molecule has 1 aliphatic heterocycles. The predicted octanol–water partition coefficient (Wildman–Crippen LogP) is 1.38. The van der Waals surface area contributed by atoms with Gasteiger partial charge in [0.25, 0.3) is 5.91 Å². The van der Waals surface area contributed by atoms with Crippen LogP contribution in [-0.2, 0) is 12.8 Å². The lowest BCUT2D eigenvalue weighted by molar-refractivity contribution is 0.0293. The summed E-state index contributed by atoms with van der Waals surface area (Å²) in [5.41, 5.74) is 2.86. The van der Waals surface area contributed by atoms with Gasteiger partial charge in [0.1, 0.15) is 0 Å². The highest BCUT2D eigenvalue weighted by Crippen LogP contribution is 2.27. The van der Waals surface area contributed by atoms with E-state index < -0.39 is 0 Å². The third-order valence-electron chi connectivity index (χ3n) is 4.74. The first kappa shape index (κ1) is 13.6. The highest BCUT2D eigenvalue weighted by atomic mass is 16.3. The van der Waals surface area contributed by atoms with Crippen LogP contribution in [-0.4, -0.2) is 45.3 Å². The quantitative estimate of drug-likeness (QED) is 0.814. The number of aliphatic hydroxyl groups is 1. The summed E-state index contributed by atoms with van der Waals surface area (Å²) >= 11 is 0. The highest BCUT2D eigenvalue weighted by molar-refractivity contribution is 5.94. The van der Waals surface area contributed by atoms with Crippen molar-refractivity contribution >= 4 is 5.91 Å². The number of hydrogen-bond donors (Lipinski definition) is 2. The van der Waals surface area contributed by atoms with Crippen molar-refractivity contribution in [3.05, 3.63) is 17.0 Å². The van der Waals surface area contributed by atoms with Gasteiger partial charge in [-0.1, -0.05) is 13.8 Å². The van der Waals surface area contributed by atoms with Gasteiger partial charge in [-0.3, -0.25) is 9.89 Å². The Balaban J connectivity index is 1.80. The molecule has 110 valence electrons. The lowest BCUT2D eigenvalue weighted by Gasteiger charge is -2.34. The number of nitrogens with one attached hydrogen (secondary N) is 1. The van der Waals surface area contributed by atoms with E-state index in [0.29, 0.717) is 31.1 Å². The summed E-state index contributed by atoms with van der Waals surface area (Å²) in [6, 6.07) is 0. The molecule has 0 radical (unpaired) electrons. The van der Waals surface area contributed by atoms with E-state index in [9.17, 15) is 9.90 Å². The van der Waals surface area contributed by atoms with Gasteiger partial charge in [0, 0.05) is 24.3 Å². The Morgan fingerprint density at radius 1 is 1.40 bits per heavy atom. The Morgan fingerprint density at radius 2 is 2.20 bits per heavy atom. The fraction of sp³-hybridized carbons (Fsp3) is 0.733. The standard InChI is InChI=1S/C15H23N3O2/c1-9-3-4-12-11(7-9)14(17-16-12)15(20)18-6-5-13(19)10(2)8-18/h9-10,13,19H,3-8H2,1-2H3,(H,16,17)/t9-,10+,13+/m1/s1. The van der Waals surface area contributed by atoms with Gasteiger partial charge in [0.15, 0.2) is 5.69 Å². The predicted molar refractivity (Wildman–Crippen MR) is 75.5 cm³/mol. The minimum Gasteiger partial charge on any atom is -0.393 e. The third-order valence-corrected chi connectivity index (χ3v) is 4.74. The Kier molecular flexibility index (Phi) is 3.54. The molecule has 5 nitrogen and oxygen atoms in total. The van der Waals surface area contributed by atoms with Gasteiger partial charge in [0.2, 0.25) is 0 Å². The maximum atomic E-state index is 12.7. The van der Waals surface area contributed by atoms with Crippen molar-refractivity contribution in [1.82, 2.24) is 15.1 Å². The molecular weight excluding hydrogens is 254 g/mol. The number of likely N-dealkylation sites (tertiary alicyclic amines) is 1. The van der Waals surface area contributed by atoms with E-state index in [-0.39, 0.29) is 17.9 Å². The Hall–Kier alpha value is -1.36. The lowest BCUT2D eigenvalue weighted by Crippen LogP contribution is -2.45. The van der Waals surface area contributed by atoms with Crippen molar-refractivity contribution in [2.45, 2.75) is 45.6 Å². The van der Waals surface area contributed by atoms with Crippen molar-refractivity contribution in [2.75, 3.05) is 13.1 Å². The van der Waals surface area contributed by atoms with Crippen LogP contribution in [0.1, 0.15) is 48.4 Å². The van der Waals surface area contributed by atoms with Gasteiger partial charge < -0.3 is 10.0 Å². The van der Waals surface area contributed by atoms with Gasteiger partial charge in [-0.05, 0) is 37.5 Å². The smallest absolute Gasteiger partial charge is 0.274 e. The molecule has 3 rings (SSSR count). The first-order valence-corrected chi connectivity index (χ1v) is 7.59. The fourth-order valence-electron chi connectivity index (χ4n) is 3.31. The number of H-pyrrole nitrogens is 1. The number of aromatic amines is 1. The van der Waals surface area contributed by atoms with Gasteiger partial charge in [-0.25, -0.2) is 0 Å². The summed E-state index contributed by atoms with van der Waals surface area (Å²) in [5, 5.41) is 17.1. The zero-order chi connectivity index (χ0) is 14.3. The first-order chi connectivity index (χ1) is 9.56. The molecule has 1 saturated heterocycles. The summed E-state index contributed by atoms with van der Waals surface area (Å²) in [5.74, 6) is 0.783. The van der Waals surface area contributed by atoms with Crippen molar-refractivity contribution < 1.29 is 9.90 Å². The zero-order valence-electron chi connectivity index (χ0n) is 12.2. The molecule has 20 heavy (non-hydrogen) atoms. The Bertz CT molecular complexity index is 511. The topological polar surface area (TPSA) is 69.2 Å². The second kappa shape index (κ2) is 5.20. The molecule has 1 aromatic heterocycles. The molecule has 0 bridgehead atoms. The number of hydrogen-bond acceptors (Lipinski definition) is 3.